The Morgan fingerprint density at radius 3 is 2.52 bits per heavy atom. The second-order valence-corrected chi connectivity index (χ2v) is 6.81. The minimum absolute atomic E-state index is 0.192. The number of hydrogen-bond acceptors (Lipinski definition) is 7. The predicted octanol–water partition coefficient (Wildman–Crippen LogP) is 1.05. The number of thioether (sulfide) groups is 1. The van der Waals surface area contributed by atoms with Crippen molar-refractivity contribution in [1.29, 1.82) is 0 Å². The number of rotatable bonds is 6. The summed E-state index contributed by atoms with van der Waals surface area (Å²) in [4.78, 5) is 16.6. The summed E-state index contributed by atoms with van der Waals surface area (Å²) in [5.41, 5.74) is 1.17. The van der Waals surface area contributed by atoms with E-state index in [1.807, 2.05) is 17.0 Å². The van der Waals surface area contributed by atoms with E-state index in [0.717, 1.165) is 37.1 Å². The highest BCUT2D eigenvalue weighted by atomic mass is 32.2. The zero-order valence-electron chi connectivity index (χ0n) is 14.5. The van der Waals surface area contributed by atoms with Crippen molar-refractivity contribution in [3.8, 4) is 5.75 Å². The number of aryl methyl sites for hydroxylation is 1. The van der Waals surface area contributed by atoms with Crippen molar-refractivity contribution in [3.63, 3.8) is 0 Å². The number of carbonyl (C=O) groups excluding carboxylic acids is 1. The number of nitrogens with zero attached hydrogens (tertiary/aromatic N) is 6. The van der Waals surface area contributed by atoms with Crippen molar-refractivity contribution in [2.45, 2.75) is 11.6 Å². The number of ether oxygens (including phenoxy) is 1. The summed E-state index contributed by atoms with van der Waals surface area (Å²) in [6.07, 6.45) is 0.500. The molecule has 1 aliphatic rings. The van der Waals surface area contributed by atoms with Gasteiger partial charge in [-0.2, -0.15) is 0 Å². The Bertz CT molecular complexity index is 697. The fourth-order valence-corrected chi connectivity index (χ4v) is 3.52. The Balaban J connectivity index is 1.43. The number of amides is 1. The van der Waals surface area contributed by atoms with E-state index < -0.39 is 0 Å². The number of anilines is 1. The van der Waals surface area contributed by atoms with E-state index in [1.54, 1.807) is 18.8 Å². The van der Waals surface area contributed by atoms with Gasteiger partial charge in [-0.05, 0) is 34.7 Å². The lowest BCUT2D eigenvalue weighted by molar-refractivity contribution is -0.131. The highest BCUT2D eigenvalue weighted by Gasteiger charge is 2.21. The Morgan fingerprint density at radius 2 is 1.92 bits per heavy atom. The van der Waals surface area contributed by atoms with Gasteiger partial charge in [-0.25, -0.2) is 4.68 Å². The SMILES string of the molecule is COc1ccc(N2CCN(C(=O)CCSc3nnnn3C)CC2)cc1. The van der Waals surface area contributed by atoms with Gasteiger partial charge >= 0.3 is 0 Å². The number of aromatic nitrogens is 4. The van der Waals surface area contributed by atoms with Crippen LogP contribution in [0.4, 0.5) is 5.69 Å². The highest BCUT2D eigenvalue weighted by molar-refractivity contribution is 7.99. The second-order valence-electron chi connectivity index (χ2n) is 5.75. The Morgan fingerprint density at radius 1 is 1.20 bits per heavy atom. The molecule has 2 aromatic rings. The van der Waals surface area contributed by atoms with Gasteiger partial charge in [0.1, 0.15) is 5.75 Å². The van der Waals surface area contributed by atoms with Gasteiger partial charge in [0, 0.05) is 51.1 Å². The third-order valence-electron chi connectivity index (χ3n) is 4.20. The van der Waals surface area contributed by atoms with Crippen molar-refractivity contribution in [2.75, 3.05) is 43.9 Å². The molecule has 0 bridgehead atoms. The van der Waals surface area contributed by atoms with Crippen molar-refractivity contribution >= 4 is 23.4 Å². The average molecular weight is 362 g/mol. The van der Waals surface area contributed by atoms with E-state index >= 15 is 0 Å². The van der Waals surface area contributed by atoms with Crippen LogP contribution in [0.2, 0.25) is 0 Å². The summed E-state index contributed by atoms with van der Waals surface area (Å²) in [6, 6.07) is 8.04. The zero-order chi connectivity index (χ0) is 17.6. The highest BCUT2D eigenvalue weighted by Crippen LogP contribution is 2.21. The van der Waals surface area contributed by atoms with Crippen molar-refractivity contribution in [1.82, 2.24) is 25.1 Å². The lowest BCUT2D eigenvalue weighted by Gasteiger charge is -2.36. The molecule has 2 heterocycles. The van der Waals surface area contributed by atoms with Gasteiger partial charge in [0.25, 0.3) is 0 Å². The largest absolute Gasteiger partial charge is 0.497 e. The van der Waals surface area contributed by atoms with E-state index in [0.29, 0.717) is 12.2 Å². The molecule has 1 saturated heterocycles. The lowest BCUT2D eigenvalue weighted by atomic mass is 10.2. The molecule has 9 heteroatoms. The van der Waals surface area contributed by atoms with E-state index in [4.69, 9.17) is 4.74 Å². The van der Waals surface area contributed by atoms with Crippen molar-refractivity contribution in [2.24, 2.45) is 7.05 Å². The van der Waals surface area contributed by atoms with Crippen LogP contribution in [-0.2, 0) is 11.8 Å². The van der Waals surface area contributed by atoms with Crippen LogP contribution in [0.1, 0.15) is 6.42 Å². The van der Waals surface area contributed by atoms with Gasteiger partial charge in [0.05, 0.1) is 7.11 Å². The summed E-state index contributed by atoms with van der Waals surface area (Å²) >= 11 is 1.50. The summed E-state index contributed by atoms with van der Waals surface area (Å²) < 4.78 is 6.80. The molecule has 0 spiro atoms. The first-order valence-corrected chi connectivity index (χ1v) is 9.18. The van der Waals surface area contributed by atoms with E-state index in [9.17, 15) is 4.79 Å². The maximum Gasteiger partial charge on any atom is 0.223 e. The minimum atomic E-state index is 0.192. The van der Waals surface area contributed by atoms with E-state index in [-0.39, 0.29) is 5.91 Å². The van der Waals surface area contributed by atoms with Crippen LogP contribution in [0.5, 0.6) is 5.75 Å². The third kappa shape index (κ3) is 4.41. The molecule has 1 aliphatic heterocycles. The summed E-state index contributed by atoms with van der Waals surface area (Å²) in [6.45, 7) is 3.19. The summed E-state index contributed by atoms with van der Waals surface area (Å²) in [5, 5.41) is 12.0. The third-order valence-corrected chi connectivity index (χ3v) is 5.21. The molecule has 0 aliphatic carbocycles. The summed E-state index contributed by atoms with van der Waals surface area (Å²) in [5.74, 6) is 1.73. The molecule has 0 N–H and O–H groups in total. The van der Waals surface area contributed by atoms with Gasteiger partial charge in [0.2, 0.25) is 11.1 Å². The fourth-order valence-electron chi connectivity index (χ4n) is 2.74. The van der Waals surface area contributed by atoms with Gasteiger partial charge in [-0.3, -0.25) is 4.79 Å². The molecule has 1 fully saturated rings. The molecule has 0 unspecified atom stereocenters. The number of benzene rings is 1. The van der Waals surface area contributed by atoms with Gasteiger partial charge in [-0.1, -0.05) is 11.8 Å². The van der Waals surface area contributed by atoms with E-state index in [1.165, 1.54) is 17.4 Å². The Labute approximate surface area is 151 Å². The molecular formula is C16H22N6O2S. The minimum Gasteiger partial charge on any atom is -0.497 e. The number of carbonyl (C=O) groups is 1. The predicted molar refractivity (Wildman–Crippen MR) is 95.9 cm³/mol. The van der Waals surface area contributed by atoms with Gasteiger partial charge in [-0.15, -0.1) is 5.10 Å². The first-order valence-electron chi connectivity index (χ1n) is 8.19. The number of hydrogen-bond donors (Lipinski definition) is 0. The van der Waals surface area contributed by atoms with Gasteiger partial charge in [0.15, 0.2) is 0 Å². The quantitative estimate of drug-likeness (QED) is 0.711. The molecule has 134 valence electrons. The first kappa shape index (κ1) is 17.5. The molecule has 0 saturated carbocycles. The number of tetrazole rings is 1. The second kappa shape index (κ2) is 8.19. The molecule has 1 aromatic carbocycles. The first-order chi connectivity index (χ1) is 12.2. The maximum absolute atomic E-state index is 12.4. The number of piperazine rings is 1. The fraction of sp³-hybridized carbons (Fsp3) is 0.500. The molecular weight excluding hydrogens is 340 g/mol. The van der Waals surface area contributed by atoms with Crippen LogP contribution in [0.3, 0.4) is 0 Å². The molecule has 0 atom stereocenters. The molecule has 0 radical (unpaired) electrons. The van der Waals surface area contributed by atoms with Crippen LogP contribution in [0.15, 0.2) is 29.4 Å². The Hall–Kier alpha value is -2.29. The number of methoxy groups -OCH3 is 1. The van der Waals surface area contributed by atoms with Crippen molar-refractivity contribution < 1.29 is 9.53 Å². The standard InChI is InChI=1S/C16H22N6O2S/c1-20-16(17-18-19-20)25-12-7-15(23)22-10-8-21(9-11-22)13-3-5-14(24-2)6-4-13/h3-6H,7-12H2,1-2H3. The van der Waals surface area contributed by atoms with Crippen LogP contribution in [0, 0.1) is 0 Å². The van der Waals surface area contributed by atoms with Crippen LogP contribution >= 0.6 is 11.8 Å². The van der Waals surface area contributed by atoms with Crippen LogP contribution < -0.4 is 9.64 Å². The monoisotopic (exact) mass is 362 g/mol. The average Bonchev–Trinajstić information content (AvgIpc) is 3.07. The zero-order valence-corrected chi connectivity index (χ0v) is 15.3. The van der Waals surface area contributed by atoms with Gasteiger partial charge < -0.3 is 14.5 Å². The molecule has 8 nitrogen and oxygen atoms in total. The molecule has 1 amide bonds. The molecule has 3 rings (SSSR count). The van der Waals surface area contributed by atoms with E-state index in [2.05, 4.69) is 32.6 Å². The Kier molecular flexibility index (Phi) is 5.75. The topological polar surface area (TPSA) is 76.4 Å². The maximum atomic E-state index is 12.4. The summed E-state index contributed by atoms with van der Waals surface area (Å²) in [7, 11) is 3.46. The molecule has 1 aromatic heterocycles. The van der Waals surface area contributed by atoms with Crippen LogP contribution in [-0.4, -0.2) is 70.1 Å². The smallest absolute Gasteiger partial charge is 0.223 e. The van der Waals surface area contributed by atoms with Crippen molar-refractivity contribution in [3.05, 3.63) is 24.3 Å². The van der Waals surface area contributed by atoms with Crippen LogP contribution in [0.25, 0.3) is 0 Å². The normalized spacial score (nSPS) is 14.6. The lowest BCUT2D eigenvalue weighted by Crippen LogP contribution is -2.48. The molecule has 25 heavy (non-hydrogen) atoms.